The highest BCUT2D eigenvalue weighted by Crippen LogP contribution is 2.33. The number of hydrogen-bond donors (Lipinski definition) is 2. The van der Waals surface area contributed by atoms with Crippen molar-refractivity contribution in [3.63, 3.8) is 0 Å². The van der Waals surface area contributed by atoms with E-state index in [9.17, 15) is 13.6 Å². The lowest BCUT2D eigenvalue weighted by Gasteiger charge is -2.36. The Morgan fingerprint density at radius 2 is 2.14 bits per heavy atom. The Balaban J connectivity index is 1.78. The van der Waals surface area contributed by atoms with Crippen molar-refractivity contribution in [2.24, 2.45) is 0 Å². The highest BCUT2D eigenvalue weighted by molar-refractivity contribution is 9.10. The lowest BCUT2D eigenvalue weighted by atomic mass is 10.0. The number of nitrogen functional groups attached to an aromatic ring is 1. The van der Waals surface area contributed by atoms with Crippen LogP contribution in [-0.2, 0) is 4.74 Å². The van der Waals surface area contributed by atoms with Gasteiger partial charge in [-0.15, -0.1) is 0 Å². The summed E-state index contributed by atoms with van der Waals surface area (Å²) in [5.41, 5.74) is 6.67. The number of rotatable bonds is 2. The Morgan fingerprint density at radius 1 is 1.43 bits per heavy atom. The first-order chi connectivity index (χ1) is 13.0. The maximum Gasteiger partial charge on any atom is 0.410 e. The summed E-state index contributed by atoms with van der Waals surface area (Å²) in [6, 6.07) is 2.32. The predicted molar refractivity (Wildman–Crippen MR) is 109 cm³/mol. The molecule has 2 heterocycles. The van der Waals surface area contributed by atoms with Crippen LogP contribution in [-0.4, -0.2) is 46.9 Å². The van der Waals surface area contributed by atoms with Crippen LogP contribution < -0.4 is 11.1 Å². The molecule has 0 aliphatic carbocycles. The Labute approximate surface area is 170 Å². The number of nitrogens with one attached hydrogen (secondary N) is 1. The number of benzene rings is 1. The molecule has 1 aliphatic heterocycles. The summed E-state index contributed by atoms with van der Waals surface area (Å²) in [5.74, 6) is -0.440. The summed E-state index contributed by atoms with van der Waals surface area (Å²) < 4.78 is 34.2. The number of likely N-dealkylation sites (tertiary alicyclic amines) is 1. The second-order valence-electron chi connectivity index (χ2n) is 7.85. The number of nitrogens with two attached hydrogens (primary N) is 1. The first-order valence-corrected chi connectivity index (χ1v) is 9.76. The molecule has 152 valence electrons. The van der Waals surface area contributed by atoms with Crippen LogP contribution in [0.1, 0.15) is 27.2 Å². The van der Waals surface area contributed by atoms with Gasteiger partial charge in [0, 0.05) is 18.0 Å². The van der Waals surface area contributed by atoms with Gasteiger partial charge in [0.2, 0.25) is 0 Å². The zero-order valence-corrected chi connectivity index (χ0v) is 17.5. The summed E-state index contributed by atoms with van der Waals surface area (Å²) >= 11 is 3.16. The Kier molecular flexibility index (Phi) is 5.65. The van der Waals surface area contributed by atoms with E-state index in [0.29, 0.717) is 35.2 Å². The molecule has 28 heavy (non-hydrogen) atoms. The minimum Gasteiger partial charge on any atom is -0.444 e. The van der Waals surface area contributed by atoms with E-state index in [4.69, 9.17) is 10.5 Å². The van der Waals surface area contributed by atoms with Crippen LogP contribution in [0.25, 0.3) is 10.9 Å². The standard InChI is InChI=1S/C19H23BrF2N4O2/c1-19(2,3)28-18(27)26-5-4-15(13(22)9-26)25-17-10-6-11(20)12(21)7-16(10)24-8-14(17)23/h6-8,13,15H,4-5,9,23H2,1-3H3,(H,24,25)/t13-,15-/m0/s1. The molecule has 0 spiro atoms. The largest absolute Gasteiger partial charge is 0.444 e. The number of carbonyl (C=O) groups excluding carboxylic acids is 1. The van der Waals surface area contributed by atoms with Crippen molar-refractivity contribution < 1.29 is 18.3 Å². The Bertz CT molecular complexity index is 904. The molecule has 0 saturated carbocycles. The van der Waals surface area contributed by atoms with Crippen molar-refractivity contribution in [3.8, 4) is 0 Å². The second-order valence-corrected chi connectivity index (χ2v) is 8.71. The van der Waals surface area contributed by atoms with Crippen LogP contribution in [0.3, 0.4) is 0 Å². The molecule has 0 bridgehead atoms. The molecule has 3 rings (SSSR count). The Hall–Kier alpha value is -2.16. The summed E-state index contributed by atoms with van der Waals surface area (Å²) in [7, 11) is 0. The van der Waals surface area contributed by atoms with Gasteiger partial charge in [0.25, 0.3) is 0 Å². The normalized spacial score (nSPS) is 20.3. The summed E-state index contributed by atoms with van der Waals surface area (Å²) in [6.07, 6.45) is -0.0396. The molecule has 2 atom stereocenters. The van der Waals surface area contributed by atoms with Crippen LogP contribution >= 0.6 is 15.9 Å². The minimum absolute atomic E-state index is 0.0756. The molecule has 0 unspecified atom stereocenters. The van der Waals surface area contributed by atoms with Gasteiger partial charge in [-0.2, -0.15) is 0 Å². The molecule has 1 aliphatic rings. The molecular weight excluding hydrogens is 434 g/mol. The van der Waals surface area contributed by atoms with Crippen molar-refractivity contribution in [2.45, 2.75) is 45.0 Å². The van der Waals surface area contributed by atoms with E-state index < -0.39 is 29.7 Å². The average Bonchev–Trinajstić information content (AvgIpc) is 2.59. The smallest absolute Gasteiger partial charge is 0.410 e. The molecule has 1 aromatic carbocycles. The van der Waals surface area contributed by atoms with E-state index in [2.05, 4.69) is 26.2 Å². The fourth-order valence-electron chi connectivity index (χ4n) is 3.11. The third-order valence-corrected chi connectivity index (χ3v) is 5.07. The van der Waals surface area contributed by atoms with Crippen molar-refractivity contribution in [3.05, 3.63) is 28.6 Å². The molecule has 9 heteroatoms. The minimum atomic E-state index is -1.31. The molecular formula is C19H23BrF2N4O2. The maximum absolute atomic E-state index is 14.8. The SMILES string of the molecule is CC(C)(C)OC(=O)N1CC[C@H](Nc2c(N)cnc3cc(F)c(Br)cc23)[C@@H](F)C1. The number of pyridine rings is 1. The number of nitrogens with zero attached hydrogens (tertiary/aromatic N) is 2. The van der Waals surface area contributed by atoms with Gasteiger partial charge >= 0.3 is 6.09 Å². The quantitative estimate of drug-likeness (QED) is 0.696. The fourth-order valence-corrected chi connectivity index (χ4v) is 3.45. The number of aromatic nitrogens is 1. The van der Waals surface area contributed by atoms with Crippen LogP contribution in [0, 0.1) is 5.82 Å². The zero-order valence-electron chi connectivity index (χ0n) is 15.9. The molecule has 1 saturated heterocycles. The van der Waals surface area contributed by atoms with Crippen molar-refractivity contribution >= 4 is 44.3 Å². The molecule has 2 aromatic rings. The summed E-state index contributed by atoms with van der Waals surface area (Å²) in [6.45, 7) is 5.58. The van der Waals surface area contributed by atoms with Gasteiger partial charge in [0.1, 0.15) is 17.6 Å². The molecule has 3 N–H and O–H groups in total. The van der Waals surface area contributed by atoms with E-state index in [1.165, 1.54) is 17.2 Å². The number of ether oxygens (including phenoxy) is 1. The maximum atomic E-state index is 14.8. The number of halogens is 3. The molecule has 1 fully saturated rings. The van der Waals surface area contributed by atoms with Crippen molar-refractivity contribution in [2.75, 3.05) is 24.1 Å². The molecule has 6 nitrogen and oxygen atoms in total. The number of carbonyl (C=O) groups is 1. The third-order valence-electron chi connectivity index (χ3n) is 4.46. The van der Waals surface area contributed by atoms with Crippen molar-refractivity contribution in [1.29, 1.82) is 0 Å². The van der Waals surface area contributed by atoms with E-state index in [1.807, 2.05) is 0 Å². The first-order valence-electron chi connectivity index (χ1n) is 8.97. The lowest BCUT2D eigenvalue weighted by molar-refractivity contribution is 0.0125. The van der Waals surface area contributed by atoms with Gasteiger partial charge < -0.3 is 20.7 Å². The van der Waals surface area contributed by atoms with Gasteiger partial charge in [-0.1, -0.05) is 0 Å². The number of hydrogen-bond acceptors (Lipinski definition) is 5. The molecule has 0 radical (unpaired) electrons. The highest BCUT2D eigenvalue weighted by atomic mass is 79.9. The van der Waals surface area contributed by atoms with E-state index in [0.717, 1.165) is 0 Å². The van der Waals surface area contributed by atoms with Gasteiger partial charge in [-0.05, 0) is 49.2 Å². The summed E-state index contributed by atoms with van der Waals surface area (Å²) in [4.78, 5) is 17.7. The van der Waals surface area contributed by atoms with Crippen LogP contribution in [0.2, 0.25) is 0 Å². The predicted octanol–water partition coefficient (Wildman–Crippen LogP) is 4.48. The van der Waals surface area contributed by atoms with Gasteiger partial charge in [0.05, 0.1) is 40.1 Å². The average molecular weight is 457 g/mol. The topological polar surface area (TPSA) is 80.5 Å². The number of anilines is 2. The number of piperidine rings is 1. The lowest BCUT2D eigenvalue weighted by Crippen LogP contribution is -2.51. The second kappa shape index (κ2) is 7.69. The van der Waals surface area contributed by atoms with Crippen molar-refractivity contribution in [1.82, 2.24) is 9.88 Å². The number of amides is 1. The van der Waals surface area contributed by atoms with Crippen LogP contribution in [0.4, 0.5) is 25.0 Å². The monoisotopic (exact) mass is 456 g/mol. The van der Waals surface area contributed by atoms with E-state index in [1.54, 1.807) is 26.8 Å². The zero-order chi connectivity index (χ0) is 20.6. The van der Waals surface area contributed by atoms with Gasteiger partial charge in [-0.25, -0.2) is 13.6 Å². The number of alkyl halides is 1. The third kappa shape index (κ3) is 4.45. The number of fused-ring (bicyclic) bond motifs is 1. The summed E-state index contributed by atoms with van der Waals surface area (Å²) in [5, 5.41) is 3.73. The Morgan fingerprint density at radius 3 is 2.79 bits per heavy atom. The van der Waals surface area contributed by atoms with E-state index >= 15 is 0 Å². The molecule has 1 amide bonds. The van der Waals surface area contributed by atoms with Crippen LogP contribution in [0.5, 0.6) is 0 Å². The highest BCUT2D eigenvalue weighted by Gasteiger charge is 2.34. The van der Waals surface area contributed by atoms with Gasteiger partial charge in [-0.3, -0.25) is 4.98 Å². The first kappa shape index (κ1) is 20.6. The molecule has 1 aromatic heterocycles. The fraction of sp³-hybridized carbons (Fsp3) is 0.474. The van der Waals surface area contributed by atoms with Gasteiger partial charge in [0.15, 0.2) is 0 Å². The van der Waals surface area contributed by atoms with E-state index in [-0.39, 0.29) is 11.0 Å². The van der Waals surface area contributed by atoms with Crippen LogP contribution in [0.15, 0.2) is 22.8 Å².